The molecule has 2 heterocycles. The summed E-state index contributed by atoms with van der Waals surface area (Å²) in [5, 5.41) is 11.4. The number of aromatic nitrogens is 2. The summed E-state index contributed by atoms with van der Waals surface area (Å²) >= 11 is 0. The Balaban J connectivity index is 2.21. The first-order valence-corrected chi connectivity index (χ1v) is 4.80. The number of amidine groups is 1. The zero-order chi connectivity index (χ0) is 10.1. The van der Waals surface area contributed by atoms with E-state index in [1.54, 1.807) is 6.92 Å². The van der Waals surface area contributed by atoms with E-state index in [4.69, 9.17) is 9.93 Å². The van der Waals surface area contributed by atoms with Gasteiger partial charge >= 0.3 is 0 Å². The summed E-state index contributed by atoms with van der Waals surface area (Å²) in [6.07, 6.45) is 2.08. The largest absolute Gasteiger partial charge is 0.349 e. The van der Waals surface area contributed by atoms with Crippen molar-refractivity contribution in [1.82, 2.24) is 15.0 Å². The highest BCUT2D eigenvalue weighted by atomic mass is 16.5. The average molecular weight is 194 g/mol. The topological polar surface area (TPSA) is 66.0 Å². The second-order valence-corrected chi connectivity index (χ2v) is 3.62. The minimum absolute atomic E-state index is 0.119. The van der Waals surface area contributed by atoms with Crippen LogP contribution in [0.3, 0.4) is 0 Å². The fourth-order valence-corrected chi connectivity index (χ4v) is 1.87. The molecule has 0 aliphatic carbocycles. The summed E-state index contributed by atoms with van der Waals surface area (Å²) in [5.74, 6) is 1.88. The summed E-state index contributed by atoms with van der Waals surface area (Å²) in [4.78, 5) is 6.22. The minimum Gasteiger partial charge on any atom is -0.349 e. The Morgan fingerprint density at radius 1 is 1.64 bits per heavy atom. The fraction of sp³-hybridized carbons (Fsp3) is 0.667. The highest BCUT2D eigenvalue weighted by Crippen LogP contribution is 2.30. The van der Waals surface area contributed by atoms with Crippen LogP contribution in [0.15, 0.2) is 4.52 Å². The van der Waals surface area contributed by atoms with Crippen molar-refractivity contribution in [3.05, 3.63) is 11.7 Å². The molecule has 1 fully saturated rings. The third-order valence-electron chi connectivity index (χ3n) is 2.51. The Morgan fingerprint density at radius 2 is 2.43 bits per heavy atom. The first-order chi connectivity index (χ1) is 6.68. The highest BCUT2D eigenvalue weighted by molar-refractivity contribution is 5.76. The molecule has 2 rings (SSSR count). The molecule has 0 aromatic carbocycles. The van der Waals surface area contributed by atoms with Crippen LogP contribution in [-0.2, 0) is 0 Å². The number of nitrogens with one attached hydrogen (secondary N) is 1. The standard InChI is InChI=1S/C9H14N4O/c1-6(10)13-5-3-4-8(13)9-11-7(2)12-14-9/h8,10H,3-5H2,1-2H3/t8-/m0/s1. The highest BCUT2D eigenvalue weighted by Gasteiger charge is 2.30. The molecule has 76 valence electrons. The number of aryl methyl sites for hydroxylation is 1. The van der Waals surface area contributed by atoms with Crippen molar-refractivity contribution in [3.8, 4) is 0 Å². The predicted octanol–water partition coefficient (Wildman–Crippen LogP) is 1.51. The summed E-state index contributed by atoms with van der Waals surface area (Å²) in [7, 11) is 0. The van der Waals surface area contributed by atoms with E-state index in [2.05, 4.69) is 10.1 Å². The average Bonchev–Trinajstić information content (AvgIpc) is 2.70. The molecule has 1 aromatic heterocycles. The van der Waals surface area contributed by atoms with Gasteiger partial charge in [0.1, 0.15) is 6.04 Å². The van der Waals surface area contributed by atoms with Crippen LogP contribution in [0.25, 0.3) is 0 Å². The molecule has 0 saturated carbocycles. The lowest BCUT2D eigenvalue weighted by Crippen LogP contribution is -2.27. The number of hydrogen-bond donors (Lipinski definition) is 1. The number of nitrogens with zero attached hydrogens (tertiary/aromatic N) is 3. The van der Waals surface area contributed by atoms with Gasteiger partial charge in [0.25, 0.3) is 0 Å². The van der Waals surface area contributed by atoms with E-state index < -0.39 is 0 Å². The van der Waals surface area contributed by atoms with Crippen LogP contribution in [0.5, 0.6) is 0 Å². The molecule has 1 N–H and O–H groups in total. The molecule has 0 spiro atoms. The maximum Gasteiger partial charge on any atom is 0.249 e. The van der Waals surface area contributed by atoms with Crippen LogP contribution in [0.2, 0.25) is 0 Å². The third kappa shape index (κ3) is 1.49. The Morgan fingerprint density at radius 3 is 3.00 bits per heavy atom. The Kier molecular flexibility index (Phi) is 2.23. The van der Waals surface area contributed by atoms with E-state index in [-0.39, 0.29) is 6.04 Å². The van der Waals surface area contributed by atoms with Gasteiger partial charge in [-0.15, -0.1) is 0 Å². The van der Waals surface area contributed by atoms with Crippen LogP contribution in [0.4, 0.5) is 0 Å². The van der Waals surface area contributed by atoms with Crippen LogP contribution >= 0.6 is 0 Å². The Labute approximate surface area is 82.6 Å². The van der Waals surface area contributed by atoms with Crippen molar-refractivity contribution in [2.24, 2.45) is 0 Å². The van der Waals surface area contributed by atoms with Crippen molar-refractivity contribution in [2.75, 3.05) is 6.54 Å². The normalized spacial score (nSPS) is 21.6. The van der Waals surface area contributed by atoms with Gasteiger partial charge in [-0.25, -0.2) is 0 Å². The molecule has 1 atom stereocenters. The maximum absolute atomic E-state index is 7.61. The lowest BCUT2D eigenvalue weighted by molar-refractivity contribution is 0.283. The molecule has 1 aromatic rings. The van der Waals surface area contributed by atoms with Crippen LogP contribution in [0.1, 0.15) is 37.5 Å². The maximum atomic E-state index is 7.61. The lowest BCUT2D eigenvalue weighted by Gasteiger charge is -2.21. The molecule has 5 heteroatoms. The lowest BCUT2D eigenvalue weighted by atomic mass is 10.2. The van der Waals surface area contributed by atoms with Crippen molar-refractivity contribution in [2.45, 2.75) is 32.7 Å². The zero-order valence-electron chi connectivity index (χ0n) is 8.45. The molecule has 1 aliphatic heterocycles. The summed E-state index contributed by atoms with van der Waals surface area (Å²) in [6, 6.07) is 0.119. The van der Waals surface area contributed by atoms with Gasteiger partial charge in [-0.3, -0.25) is 5.41 Å². The first kappa shape index (κ1) is 9.18. The predicted molar refractivity (Wildman–Crippen MR) is 51.1 cm³/mol. The number of rotatable bonds is 1. The van der Waals surface area contributed by atoms with Crippen molar-refractivity contribution in [1.29, 1.82) is 5.41 Å². The fourth-order valence-electron chi connectivity index (χ4n) is 1.87. The SMILES string of the molecule is CC(=N)N1CCC[C@H]1c1nc(C)no1. The molecular formula is C9H14N4O. The van der Waals surface area contributed by atoms with Gasteiger partial charge < -0.3 is 9.42 Å². The van der Waals surface area contributed by atoms with Gasteiger partial charge in [0.15, 0.2) is 5.82 Å². The Hall–Kier alpha value is -1.39. The zero-order valence-corrected chi connectivity index (χ0v) is 8.45. The van der Waals surface area contributed by atoms with Gasteiger partial charge in [0, 0.05) is 6.54 Å². The van der Waals surface area contributed by atoms with Gasteiger partial charge in [-0.05, 0) is 26.7 Å². The van der Waals surface area contributed by atoms with Gasteiger partial charge in [0.05, 0.1) is 5.84 Å². The van der Waals surface area contributed by atoms with E-state index in [1.165, 1.54) is 0 Å². The smallest absolute Gasteiger partial charge is 0.249 e. The molecule has 0 radical (unpaired) electrons. The molecule has 0 bridgehead atoms. The van der Waals surface area contributed by atoms with E-state index in [0.29, 0.717) is 17.6 Å². The van der Waals surface area contributed by atoms with E-state index in [9.17, 15) is 0 Å². The summed E-state index contributed by atoms with van der Waals surface area (Å²) in [5.41, 5.74) is 0. The van der Waals surface area contributed by atoms with Gasteiger partial charge in [0.2, 0.25) is 5.89 Å². The van der Waals surface area contributed by atoms with E-state index >= 15 is 0 Å². The summed E-state index contributed by atoms with van der Waals surface area (Å²) in [6.45, 7) is 4.52. The second-order valence-electron chi connectivity index (χ2n) is 3.62. The van der Waals surface area contributed by atoms with Crippen LogP contribution < -0.4 is 0 Å². The van der Waals surface area contributed by atoms with E-state index in [0.717, 1.165) is 19.4 Å². The second kappa shape index (κ2) is 3.40. The quantitative estimate of drug-likeness (QED) is 0.543. The minimum atomic E-state index is 0.119. The third-order valence-corrected chi connectivity index (χ3v) is 2.51. The molecule has 1 saturated heterocycles. The van der Waals surface area contributed by atoms with Crippen molar-refractivity contribution in [3.63, 3.8) is 0 Å². The molecular weight excluding hydrogens is 180 g/mol. The first-order valence-electron chi connectivity index (χ1n) is 4.80. The molecule has 0 unspecified atom stereocenters. The van der Waals surface area contributed by atoms with Crippen LogP contribution in [0, 0.1) is 12.3 Å². The van der Waals surface area contributed by atoms with Crippen molar-refractivity contribution >= 4 is 5.84 Å². The summed E-state index contributed by atoms with van der Waals surface area (Å²) < 4.78 is 5.13. The molecule has 14 heavy (non-hydrogen) atoms. The van der Waals surface area contributed by atoms with Crippen molar-refractivity contribution < 1.29 is 4.52 Å². The molecule has 1 aliphatic rings. The number of hydrogen-bond acceptors (Lipinski definition) is 4. The Bertz CT molecular complexity index is 346. The monoisotopic (exact) mass is 194 g/mol. The molecule has 0 amide bonds. The van der Waals surface area contributed by atoms with Gasteiger partial charge in [-0.2, -0.15) is 4.98 Å². The van der Waals surface area contributed by atoms with Crippen LogP contribution in [-0.4, -0.2) is 27.4 Å². The number of likely N-dealkylation sites (tertiary alicyclic amines) is 1. The molecule has 5 nitrogen and oxygen atoms in total. The van der Waals surface area contributed by atoms with Gasteiger partial charge in [-0.1, -0.05) is 5.16 Å². The van der Waals surface area contributed by atoms with E-state index in [1.807, 2.05) is 11.8 Å².